The molecule has 0 unspecified atom stereocenters. The van der Waals surface area contributed by atoms with Crippen molar-refractivity contribution >= 4 is 38.7 Å². The van der Waals surface area contributed by atoms with Crippen molar-refractivity contribution in [2.45, 2.75) is 43.1 Å². The van der Waals surface area contributed by atoms with E-state index in [1.165, 1.54) is 28.6 Å². The molecule has 4 aromatic rings. The minimum atomic E-state index is -4.40. The molecule has 1 atom stereocenters. The highest BCUT2D eigenvalue weighted by Crippen LogP contribution is 2.30. The molecule has 13 heteroatoms. The zero-order valence-electron chi connectivity index (χ0n) is 20.4. The van der Waals surface area contributed by atoms with Crippen molar-refractivity contribution in [2.24, 2.45) is 0 Å². The Kier molecular flexibility index (Phi) is 7.56. The molecule has 1 saturated heterocycles. The first-order chi connectivity index (χ1) is 18.6. The molecule has 1 fully saturated rings. The van der Waals surface area contributed by atoms with Gasteiger partial charge >= 0.3 is 6.18 Å². The van der Waals surface area contributed by atoms with E-state index in [-0.39, 0.29) is 24.6 Å². The largest absolute Gasteiger partial charge is 0.489 e. The smallest absolute Gasteiger partial charge is 0.416 e. The van der Waals surface area contributed by atoms with Gasteiger partial charge in [-0.1, -0.05) is 24.3 Å². The normalized spacial score (nSPS) is 16.4. The number of carbonyl (C=O) groups is 1. The molecule has 8 nitrogen and oxygen atoms in total. The number of amides is 1. The van der Waals surface area contributed by atoms with Gasteiger partial charge in [-0.15, -0.1) is 0 Å². The molecule has 1 aliphatic heterocycles. The van der Waals surface area contributed by atoms with Crippen LogP contribution >= 0.6 is 11.7 Å². The van der Waals surface area contributed by atoms with Crippen LogP contribution in [0.4, 0.5) is 13.2 Å². The number of benzene rings is 3. The zero-order valence-corrected chi connectivity index (χ0v) is 22.0. The Balaban J connectivity index is 1.20. The zero-order chi connectivity index (χ0) is 27.6. The summed E-state index contributed by atoms with van der Waals surface area (Å²) in [5.74, 6) is 0.0854. The van der Waals surface area contributed by atoms with E-state index in [1.54, 1.807) is 30.3 Å². The van der Waals surface area contributed by atoms with Crippen molar-refractivity contribution < 1.29 is 31.1 Å². The molecule has 0 radical (unpaired) electrons. The summed E-state index contributed by atoms with van der Waals surface area (Å²) in [7, 11) is -3.91. The molecule has 39 heavy (non-hydrogen) atoms. The number of nitrogens with zero attached hydrogens (tertiary/aromatic N) is 3. The molecule has 2 heterocycles. The summed E-state index contributed by atoms with van der Waals surface area (Å²) in [6, 6.07) is 15.4. The van der Waals surface area contributed by atoms with Crippen LogP contribution in [0.2, 0.25) is 0 Å². The van der Waals surface area contributed by atoms with Gasteiger partial charge in [-0.05, 0) is 66.4 Å². The van der Waals surface area contributed by atoms with Crippen LogP contribution in [-0.4, -0.2) is 40.0 Å². The molecule has 204 valence electrons. The Morgan fingerprint density at radius 2 is 1.79 bits per heavy atom. The third-order valence-corrected chi connectivity index (χ3v) is 8.85. The van der Waals surface area contributed by atoms with Crippen LogP contribution in [0.1, 0.15) is 29.5 Å². The Morgan fingerprint density at radius 1 is 1.03 bits per heavy atom. The van der Waals surface area contributed by atoms with Gasteiger partial charge in [0.2, 0.25) is 15.9 Å². The molecule has 1 N–H and O–H groups in total. The summed E-state index contributed by atoms with van der Waals surface area (Å²) in [6.07, 6.45) is -3.43. The summed E-state index contributed by atoms with van der Waals surface area (Å²) in [4.78, 5) is 13.1. The van der Waals surface area contributed by atoms with Crippen LogP contribution in [0, 0.1) is 0 Å². The SMILES string of the molecule is O=C(NCc1cccc(OCc2ccc(C(F)(F)F)cc2)c1)[C@@H]1CCCN1S(=O)(=O)c1ccc2nsnc2c1. The van der Waals surface area contributed by atoms with Crippen molar-refractivity contribution in [3.63, 3.8) is 0 Å². The Morgan fingerprint density at radius 3 is 2.56 bits per heavy atom. The first-order valence-corrected chi connectivity index (χ1v) is 14.2. The van der Waals surface area contributed by atoms with Crippen LogP contribution in [-0.2, 0) is 34.1 Å². The summed E-state index contributed by atoms with van der Waals surface area (Å²) in [5.41, 5.74) is 1.67. The van der Waals surface area contributed by atoms with Gasteiger partial charge in [-0.2, -0.15) is 26.2 Å². The lowest BCUT2D eigenvalue weighted by Crippen LogP contribution is -2.45. The lowest BCUT2D eigenvalue weighted by atomic mass is 10.1. The van der Waals surface area contributed by atoms with E-state index in [0.717, 1.165) is 29.4 Å². The number of alkyl halides is 3. The minimum Gasteiger partial charge on any atom is -0.489 e. The number of sulfonamides is 1. The maximum absolute atomic E-state index is 13.3. The number of aromatic nitrogens is 2. The molecular formula is C26H23F3N4O4S2. The standard InChI is InChI=1S/C26H23F3N4O4S2/c27-26(28,29)19-8-6-17(7-9-19)16-37-20-4-1-3-18(13-20)15-30-25(34)24-5-2-12-33(24)39(35,36)21-10-11-22-23(14-21)32-38-31-22/h1,3-4,6-11,13-14,24H,2,5,12,15-16H2,(H,30,34)/t24-/m0/s1. The van der Waals surface area contributed by atoms with E-state index in [4.69, 9.17) is 4.74 Å². The first kappa shape index (κ1) is 27.0. The van der Waals surface area contributed by atoms with Crippen molar-refractivity contribution in [2.75, 3.05) is 6.54 Å². The Hall–Kier alpha value is -3.55. The topological polar surface area (TPSA) is 101 Å². The molecule has 1 aromatic heterocycles. The fourth-order valence-corrected chi connectivity index (χ4v) is 6.55. The average Bonchev–Trinajstić information content (AvgIpc) is 3.60. The van der Waals surface area contributed by atoms with Crippen LogP contribution < -0.4 is 10.1 Å². The van der Waals surface area contributed by atoms with E-state index in [1.807, 2.05) is 0 Å². The summed E-state index contributed by atoms with van der Waals surface area (Å²) < 4.78 is 80.0. The highest BCUT2D eigenvalue weighted by molar-refractivity contribution is 7.89. The first-order valence-electron chi connectivity index (χ1n) is 12.0. The van der Waals surface area contributed by atoms with Gasteiger partial charge < -0.3 is 10.1 Å². The molecule has 1 amide bonds. The molecule has 1 aliphatic rings. The molecule has 5 rings (SSSR count). The van der Waals surface area contributed by atoms with Crippen molar-refractivity contribution in [1.82, 2.24) is 18.4 Å². The summed E-state index contributed by atoms with van der Waals surface area (Å²) in [5, 5.41) is 2.81. The summed E-state index contributed by atoms with van der Waals surface area (Å²) in [6.45, 7) is 0.462. The van der Waals surface area contributed by atoms with Gasteiger partial charge in [0.05, 0.1) is 22.2 Å². The van der Waals surface area contributed by atoms with Gasteiger partial charge in [-0.25, -0.2) is 8.42 Å². The van der Waals surface area contributed by atoms with E-state index >= 15 is 0 Å². The van der Waals surface area contributed by atoms with E-state index < -0.39 is 33.7 Å². The Bertz CT molecular complexity index is 1590. The highest BCUT2D eigenvalue weighted by Gasteiger charge is 2.39. The van der Waals surface area contributed by atoms with Gasteiger partial charge in [0.25, 0.3) is 0 Å². The number of ether oxygens (including phenoxy) is 1. The van der Waals surface area contributed by atoms with Crippen LogP contribution in [0.3, 0.4) is 0 Å². The predicted octanol–water partition coefficient (Wildman–Crippen LogP) is 4.76. The second-order valence-corrected chi connectivity index (χ2v) is 11.5. The number of rotatable bonds is 8. The molecule has 0 aliphatic carbocycles. The van der Waals surface area contributed by atoms with Crippen molar-refractivity contribution in [3.8, 4) is 5.75 Å². The van der Waals surface area contributed by atoms with Gasteiger partial charge in [0.1, 0.15) is 29.4 Å². The lowest BCUT2D eigenvalue weighted by Gasteiger charge is -2.23. The number of nitrogens with one attached hydrogen (secondary N) is 1. The third kappa shape index (κ3) is 6.05. The van der Waals surface area contributed by atoms with Gasteiger partial charge in [0.15, 0.2) is 0 Å². The predicted molar refractivity (Wildman–Crippen MR) is 138 cm³/mol. The van der Waals surface area contributed by atoms with Gasteiger partial charge in [-0.3, -0.25) is 4.79 Å². The maximum atomic E-state index is 13.3. The number of fused-ring (bicyclic) bond motifs is 1. The second kappa shape index (κ2) is 10.9. The third-order valence-electron chi connectivity index (χ3n) is 6.39. The number of halogens is 3. The van der Waals surface area contributed by atoms with Crippen LogP contribution in [0.5, 0.6) is 5.75 Å². The van der Waals surface area contributed by atoms with E-state index in [2.05, 4.69) is 14.1 Å². The highest BCUT2D eigenvalue weighted by atomic mass is 32.2. The maximum Gasteiger partial charge on any atom is 0.416 e. The second-order valence-electron chi connectivity index (χ2n) is 9.04. The fraction of sp³-hybridized carbons (Fsp3) is 0.269. The molecule has 0 bridgehead atoms. The minimum absolute atomic E-state index is 0.0697. The fourth-order valence-electron chi connectivity index (χ4n) is 4.36. The summed E-state index contributed by atoms with van der Waals surface area (Å²) >= 11 is 1.000. The van der Waals surface area contributed by atoms with Crippen LogP contribution in [0.15, 0.2) is 71.6 Å². The molecule has 0 spiro atoms. The average molecular weight is 577 g/mol. The number of hydrogen-bond acceptors (Lipinski definition) is 7. The van der Waals surface area contributed by atoms with Crippen molar-refractivity contribution in [3.05, 3.63) is 83.4 Å². The van der Waals surface area contributed by atoms with Crippen LogP contribution in [0.25, 0.3) is 11.0 Å². The molecule has 0 saturated carbocycles. The Labute approximate surface area is 226 Å². The van der Waals surface area contributed by atoms with E-state index in [9.17, 15) is 26.4 Å². The van der Waals surface area contributed by atoms with E-state index in [0.29, 0.717) is 35.2 Å². The molecule has 3 aromatic carbocycles. The van der Waals surface area contributed by atoms with Crippen molar-refractivity contribution in [1.29, 1.82) is 0 Å². The van der Waals surface area contributed by atoms with Gasteiger partial charge in [0, 0.05) is 13.1 Å². The molecular weight excluding hydrogens is 553 g/mol. The lowest BCUT2D eigenvalue weighted by molar-refractivity contribution is -0.137. The number of hydrogen-bond donors (Lipinski definition) is 1. The quantitative estimate of drug-likeness (QED) is 0.325. The monoisotopic (exact) mass is 576 g/mol. The number of carbonyl (C=O) groups excluding carboxylic acids is 1.